The Balaban J connectivity index is 2.40. The number of nitro groups is 1. The maximum absolute atomic E-state index is 12.1. The van der Waals surface area contributed by atoms with Crippen molar-refractivity contribution >= 4 is 12.1 Å². The molecule has 0 bridgehead atoms. The van der Waals surface area contributed by atoms with Crippen LogP contribution in [-0.2, 0) is 4.79 Å². The van der Waals surface area contributed by atoms with Gasteiger partial charge in [0.1, 0.15) is 6.29 Å². The van der Waals surface area contributed by atoms with E-state index >= 15 is 0 Å². The Morgan fingerprint density at radius 2 is 2.07 bits per heavy atom. The Hall–Kier alpha value is -2.76. The molecule has 0 aromatic carbocycles. The molecule has 0 radical (unpaired) electrons. The van der Waals surface area contributed by atoms with Gasteiger partial charge in [-0.3, -0.25) is 15.1 Å². The Morgan fingerprint density at radius 1 is 1.34 bits per heavy atom. The number of rotatable bonds is 7. The van der Waals surface area contributed by atoms with Crippen LogP contribution in [0.3, 0.4) is 0 Å². The van der Waals surface area contributed by atoms with Crippen molar-refractivity contribution in [1.29, 1.82) is 0 Å². The van der Waals surface area contributed by atoms with Crippen molar-refractivity contribution in [3.05, 3.63) is 69.9 Å². The van der Waals surface area contributed by atoms with E-state index in [9.17, 15) is 14.9 Å². The summed E-state index contributed by atoms with van der Waals surface area (Å²) in [5.41, 5.74) is 1.16. The number of hydrogen-bond acceptors (Lipinski definition) is 4. The van der Waals surface area contributed by atoms with Crippen molar-refractivity contribution in [1.82, 2.24) is 4.90 Å². The molecule has 0 aromatic rings. The highest BCUT2D eigenvalue weighted by Crippen LogP contribution is 2.33. The quantitative estimate of drug-likeness (QED) is 0.159. The zero-order chi connectivity index (χ0) is 21.3. The highest BCUT2D eigenvalue weighted by Gasteiger charge is 2.38. The van der Waals surface area contributed by atoms with Gasteiger partial charge < -0.3 is 9.69 Å². The average molecular weight is 398 g/mol. The van der Waals surface area contributed by atoms with Crippen LogP contribution in [0.4, 0.5) is 0 Å². The van der Waals surface area contributed by atoms with Crippen LogP contribution in [0, 0.1) is 10.1 Å². The van der Waals surface area contributed by atoms with Gasteiger partial charge >= 0.3 is 0 Å². The van der Waals surface area contributed by atoms with E-state index in [1.54, 1.807) is 25.3 Å². The van der Waals surface area contributed by atoms with E-state index in [-0.39, 0.29) is 4.92 Å². The van der Waals surface area contributed by atoms with Crippen molar-refractivity contribution in [2.75, 3.05) is 13.6 Å². The SMILES string of the molecule is C/C=C\C(=CCN(C(C)=NC)C1(C=O)CCCCC1)C1=CC([N+](=O)[O-])C=CC=C1. The summed E-state index contributed by atoms with van der Waals surface area (Å²) in [5, 5.41) is 11.3. The second-order valence-electron chi connectivity index (χ2n) is 7.46. The normalized spacial score (nSPS) is 22.3. The number of allylic oxidation sites excluding steroid dienone is 7. The number of aldehydes is 1. The van der Waals surface area contributed by atoms with Gasteiger partial charge in [-0.2, -0.15) is 0 Å². The number of amidine groups is 1. The van der Waals surface area contributed by atoms with Gasteiger partial charge in [-0.1, -0.05) is 55.7 Å². The number of hydrogen-bond donors (Lipinski definition) is 0. The van der Waals surface area contributed by atoms with Crippen LogP contribution in [0.25, 0.3) is 0 Å². The summed E-state index contributed by atoms with van der Waals surface area (Å²) in [7, 11) is 1.74. The molecular formula is C23H31N3O3. The molecule has 29 heavy (non-hydrogen) atoms. The molecule has 2 aliphatic carbocycles. The highest BCUT2D eigenvalue weighted by atomic mass is 16.6. The summed E-state index contributed by atoms with van der Waals surface area (Å²) < 4.78 is 0. The molecule has 0 saturated heterocycles. The lowest BCUT2D eigenvalue weighted by Crippen LogP contribution is -2.53. The molecule has 1 saturated carbocycles. The summed E-state index contributed by atoms with van der Waals surface area (Å²) >= 11 is 0. The predicted molar refractivity (Wildman–Crippen MR) is 118 cm³/mol. The van der Waals surface area contributed by atoms with Crippen LogP contribution in [0.1, 0.15) is 46.0 Å². The summed E-state index contributed by atoms with van der Waals surface area (Å²) in [4.78, 5) is 29.6. The van der Waals surface area contributed by atoms with Gasteiger partial charge in [0.05, 0.1) is 11.4 Å². The van der Waals surface area contributed by atoms with Gasteiger partial charge in [-0.05, 0) is 43.9 Å². The van der Waals surface area contributed by atoms with Gasteiger partial charge in [-0.25, -0.2) is 0 Å². The van der Waals surface area contributed by atoms with Crippen LogP contribution in [0.2, 0.25) is 0 Å². The molecule has 0 aromatic heterocycles. The first-order valence-corrected chi connectivity index (χ1v) is 10.2. The van der Waals surface area contributed by atoms with Crippen molar-refractivity contribution in [3.8, 4) is 0 Å². The zero-order valence-electron chi connectivity index (χ0n) is 17.6. The number of aliphatic imine (C=N–C) groups is 1. The molecule has 0 heterocycles. The molecule has 0 amide bonds. The lowest BCUT2D eigenvalue weighted by molar-refractivity contribution is -0.496. The van der Waals surface area contributed by atoms with E-state index in [4.69, 9.17) is 0 Å². The first-order chi connectivity index (χ1) is 14.0. The van der Waals surface area contributed by atoms with Crippen molar-refractivity contribution in [2.24, 2.45) is 4.99 Å². The molecule has 1 atom stereocenters. The second-order valence-corrected chi connectivity index (χ2v) is 7.46. The van der Waals surface area contributed by atoms with Crippen LogP contribution in [-0.4, -0.2) is 47.1 Å². The molecule has 6 nitrogen and oxygen atoms in total. The van der Waals surface area contributed by atoms with E-state index in [1.807, 2.05) is 44.2 Å². The molecule has 2 rings (SSSR count). The van der Waals surface area contributed by atoms with Crippen molar-refractivity contribution in [3.63, 3.8) is 0 Å². The lowest BCUT2D eigenvalue weighted by Gasteiger charge is -2.43. The van der Waals surface area contributed by atoms with Gasteiger partial charge in [0.25, 0.3) is 6.04 Å². The number of nitrogens with zero attached hydrogens (tertiary/aromatic N) is 3. The van der Waals surface area contributed by atoms with Crippen molar-refractivity contribution in [2.45, 2.75) is 57.5 Å². The summed E-state index contributed by atoms with van der Waals surface area (Å²) in [6.07, 6.45) is 20.5. The Bertz CT molecular complexity index is 781. The molecule has 0 spiro atoms. The Labute approximate surface area is 173 Å². The smallest absolute Gasteiger partial charge is 0.250 e. The number of carbonyl (C=O) groups is 1. The Morgan fingerprint density at radius 3 is 2.66 bits per heavy atom. The molecule has 0 aliphatic heterocycles. The molecule has 6 heteroatoms. The van der Waals surface area contributed by atoms with E-state index in [0.717, 1.165) is 55.4 Å². The third kappa shape index (κ3) is 5.62. The molecule has 1 unspecified atom stereocenters. The third-order valence-electron chi connectivity index (χ3n) is 5.65. The van der Waals surface area contributed by atoms with E-state index in [0.29, 0.717) is 6.54 Å². The second kappa shape index (κ2) is 10.7. The van der Waals surface area contributed by atoms with Crippen LogP contribution < -0.4 is 0 Å². The Kier molecular flexibility index (Phi) is 8.31. The lowest BCUT2D eigenvalue weighted by atomic mass is 9.81. The molecule has 0 N–H and O–H groups in total. The third-order valence-corrected chi connectivity index (χ3v) is 5.65. The number of carbonyl (C=O) groups excluding carboxylic acids is 1. The minimum atomic E-state index is -0.858. The largest absolute Gasteiger partial charge is 0.344 e. The molecular weight excluding hydrogens is 366 g/mol. The fraction of sp³-hybridized carbons (Fsp3) is 0.478. The topological polar surface area (TPSA) is 75.8 Å². The van der Waals surface area contributed by atoms with E-state index in [2.05, 4.69) is 9.89 Å². The highest BCUT2D eigenvalue weighted by molar-refractivity contribution is 5.84. The van der Waals surface area contributed by atoms with Gasteiger partial charge in [0, 0.05) is 24.6 Å². The van der Waals surface area contributed by atoms with Crippen LogP contribution in [0.15, 0.2) is 64.7 Å². The minimum Gasteiger partial charge on any atom is -0.344 e. The van der Waals surface area contributed by atoms with Gasteiger partial charge in [-0.15, -0.1) is 0 Å². The maximum Gasteiger partial charge on any atom is 0.250 e. The summed E-state index contributed by atoms with van der Waals surface area (Å²) in [5.74, 6) is 0.824. The minimum absolute atomic E-state index is 0.305. The van der Waals surface area contributed by atoms with E-state index in [1.165, 1.54) is 0 Å². The fourth-order valence-corrected chi connectivity index (χ4v) is 3.98. The fourth-order valence-electron chi connectivity index (χ4n) is 3.98. The molecule has 2 aliphatic rings. The standard InChI is InChI=1S/C23H31N3O3/c1-4-10-20(21-11-6-7-12-22(17-21)26(28)29)13-16-25(19(2)24-3)23(18-27)14-8-5-9-15-23/h4,6-7,10-13,17-18,22H,5,8-9,14-16H2,1-3H3/b10-4-,20-13?,24-19?. The average Bonchev–Trinajstić information content (AvgIpc) is 3.00. The van der Waals surface area contributed by atoms with Crippen molar-refractivity contribution < 1.29 is 9.72 Å². The monoisotopic (exact) mass is 397 g/mol. The summed E-state index contributed by atoms with van der Waals surface area (Å²) in [6.45, 7) is 4.37. The summed E-state index contributed by atoms with van der Waals surface area (Å²) in [6, 6.07) is -0.858. The molecule has 1 fully saturated rings. The predicted octanol–water partition coefficient (Wildman–Crippen LogP) is 4.44. The van der Waals surface area contributed by atoms with Crippen LogP contribution >= 0.6 is 0 Å². The van der Waals surface area contributed by atoms with Gasteiger partial charge in [0.15, 0.2) is 0 Å². The molecule has 156 valence electrons. The first kappa shape index (κ1) is 22.5. The van der Waals surface area contributed by atoms with Crippen LogP contribution in [0.5, 0.6) is 0 Å². The first-order valence-electron chi connectivity index (χ1n) is 10.2. The van der Waals surface area contributed by atoms with E-state index < -0.39 is 11.6 Å². The maximum atomic E-state index is 12.1. The zero-order valence-corrected chi connectivity index (χ0v) is 17.6. The van der Waals surface area contributed by atoms with Gasteiger partial charge in [0.2, 0.25) is 0 Å².